The molecule has 284 valence electrons. The summed E-state index contributed by atoms with van der Waals surface area (Å²) in [7, 11) is 0. The smallest absolute Gasteiger partial charge is 0.145 e. The number of nitrogens with zero attached hydrogens (tertiary/aromatic N) is 1. The molecule has 3 nitrogen and oxygen atoms in total. The van der Waals surface area contributed by atoms with Crippen LogP contribution in [0.3, 0.4) is 0 Å². The average Bonchev–Trinajstić information content (AvgIpc) is 3.95. The number of furan rings is 2. The fourth-order valence-corrected chi connectivity index (χ4v) is 9.94. The van der Waals surface area contributed by atoms with E-state index >= 15 is 0 Å². The van der Waals surface area contributed by atoms with Crippen molar-refractivity contribution in [3.05, 3.63) is 211 Å². The molecule has 0 saturated heterocycles. The minimum Gasteiger partial charge on any atom is -0.456 e. The summed E-state index contributed by atoms with van der Waals surface area (Å²) in [6, 6.07) is 71.8. The number of hydrogen-bond donors (Lipinski definition) is 0. The Labute approximate surface area is 348 Å². The third-order valence-corrected chi connectivity index (χ3v) is 12.7. The molecule has 0 saturated carbocycles. The van der Waals surface area contributed by atoms with Gasteiger partial charge in [-0.15, -0.1) is 0 Å². The summed E-state index contributed by atoms with van der Waals surface area (Å²) in [5, 5.41) is 4.39. The monoisotopic (exact) mass is 769 g/mol. The minimum atomic E-state index is -0.241. The van der Waals surface area contributed by atoms with Crippen molar-refractivity contribution in [2.75, 3.05) is 4.90 Å². The zero-order valence-electron chi connectivity index (χ0n) is 33.3. The summed E-state index contributed by atoms with van der Waals surface area (Å²) in [4.78, 5) is 2.48. The van der Waals surface area contributed by atoms with E-state index in [2.05, 4.69) is 207 Å². The molecule has 0 fully saturated rings. The summed E-state index contributed by atoms with van der Waals surface area (Å²) in [5.74, 6) is 0. The highest BCUT2D eigenvalue weighted by Gasteiger charge is 2.39. The fourth-order valence-electron chi connectivity index (χ4n) is 9.94. The molecule has 9 aromatic carbocycles. The Morgan fingerprint density at radius 2 is 1.03 bits per heavy atom. The van der Waals surface area contributed by atoms with E-state index in [4.69, 9.17) is 8.83 Å². The lowest BCUT2D eigenvalue weighted by Crippen LogP contribution is -2.20. The molecule has 60 heavy (non-hydrogen) atoms. The van der Waals surface area contributed by atoms with Crippen molar-refractivity contribution in [2.45, 2.75) is 19.3 Å². The van der Waals surface area contributed by atoms with Crippen LogP contribution >= 0.6 is 0 Å². The SMILES string of the molecule is CC1(C)c2ccccc2-c2cccc(N(c3cccc(-c4ccccc4)c3)c3ccc(-c4ccccc4-c4ccc5c(c4)oc4ccccc45)c4oc5ccccc5c34)c21. The average molecular weight is 770 g/mol. The van der Waals surface area contributed by atoms with Gasteiger partial charge in [-0.25, -0.2) is 0 Å². The lowest BCUT2D eigenvalue weighted by Gasteiger charge is -2.33. The largest absolute Gasteiger partial charge is 0.456 e. The molecule has 0 spiro atoms. The predicted molar refractivity (Wildman–Crippen MR) is 250 cm³/mol. The van der Waals surface area contributed by atoms with E-state index in [0.29, 0.717) is 0 Å². The fraction of sp³-hybridized carbons (Fsp3) is 0.0526. The maximum absolute atomic E-state index is 7.03. The van der Waals surface area contributed by atoms with E-state index in [1.807, 2.05) is 12.1 Å². The molecule has 0 aliphatic heterocycles. The van der Waals surface area contributed by atoms with Crippen LogP contribution in [0.5, 0.6) is 0 Å². The number of para-hydroxylation sites is 2. The van der Waals surface area contributed by atoms with E-state index in [0.717, 1.165) is 88.8 Å². The van der Waals surface area contributed by atoms with Crippen LogP contribution in [0.15, 0.2) is 209 Å². The van der Waals surface area contributed by atoms with Crippen molar-refractivity contribution in [1.29, 1.82) is 0 Å². The van der Waals surface area contributed by atoms with Gasteiger partial charge in [-0.05, 0) is 105 Å². The van der Waals surface area contributed by atoms with Crippen molar-refractivity contribution >= 4 is 60.9 Å². The Kier molecular flexibility index (Phi) is 7.58. The number of fused-ring (bicyclic) bond motifs is 9. The molecule has 0 amide bonds. The molecular weight excluding hydrogens is 731 g/mol. The molecule has 2 aromatic heterocycles. The van der Waals surface area contributed by atoms with E-state index in [9.17, 15) is 0 Å². The summed E-state index contributed by atoms with van der Waals surface area (Å²) in [5.41, 5.74) is 18.4. The van der Waals surface area contributed by atoms with Gasteiger partial charge in [-0.3, -0.25) is 0 Å². The van der Waals surface area contributed by atoms with E-state index in [1.165, 1.54) is 27.8 Å². The maximum atomic E-state index is 7.03. The molecule has 1 aliphatic rings. The van der Waals surface area contributed by atoms with Crippen LogP contribution in [-0.4, -0.2) is 0 Å². The number of benzene rings is 9. The highest BCUT2D eigenvalue weighted by Crippen LogP contribution is 2.56. The van der Waals surface area contributed by atoms with Crippen molar-refractivity contribution in [3.8, 4) is 44.5 Å². The van der Waals surface area contributed by atoms with Crippen LogP contribution in [0, 0.1) is 0 Å². The predicted octanol–water partition coefficient (Wildman–Crippen LogP) is 16.3. The second-order valence-electron chi connectivity index (χ2n) is 16.4. The first-order chi connectivity index (χ1) is 29.5. The zero-order valence-corrected chi connectivity index (χ0v) is 33.3. The molecule has 3 heteroatoms. The van der Waals surface area contributed by atoms with Crippen molar-refractivity contribution < 1.29 is 8.83 Å². The molecule has 0 bridgehead atoms. The molecule has 0 atom stereocenters. The van der Waals surface area contributed by atoms with Crippen LogP contribution < -0.4 is 4.90 Å². The summed E-state index contributed by atoms with van der Waals surface area (Å²) in [6.07, 6.45) is 0. The molecule has 2 heterocycles. The van der Waals surface area contributed by atoms with E-state index in [-0.39, 0.29) is 5.41 Å². The van der Waals surface area contributed by atoms with Crippen molar-refractivity contribution in [2.24, 2.45) is 0 Å². The van der Waals surface area contributed by atoms with Gasteiger partial charge in [0.15, 0.2) is 0 Å². The second-order valence-corrected chi connectivity index (χ2v) is 16.4. The summed E-state index contributed by atoms with van der Waals surface area (Å²) < 4.78 is 13.4. The quantitative estimate of drug-likeness (QED) is 0.169. The summed E-state index contributed by atoms with van der Waals surface area (Å²) in [6.45, 7) is 4.73. The van der Waals surface area contributed by atoms with Crippen LogP contribution in [0.1, 0.15) is 25.0 Å². The van der Waals surface area contributed by atoms with Gasteiger partial charge in [0.2, 0.25) is 0 Å². The Hall–Kier alpha value is -7.62. The van der Waals surface area contributed by atoms with E-state index in [1.54, 1.807) is 0 Å². The second kappa shape index (κ2) is 13.2. The first-order valence-corrected chi connectivity index (χ1v) is 20.7. The van der Waals surface area contributed by atoms with Gasteiger partial charge in [0.05, 0.1) is 16.8 Å². The Morgan fingerprint density at radius 1 is 0.383 bits per heavy atom. The van der Waals surface area contributed by atoms with Gasteiger partial charge in [0.1, 0.15) is 22.3 Å². The standard InChI is InChI=1S/C57H39NO2/c1-57(2)48-26-11-8-22-42(48)45-25-15-27-50(55(45)57)58(39-19-14-18-37(34-39)36-16-4-3-5-17-36)49-33-32-46(56-54(49)47-24-10-13-29-52(47)60-56)41-21-7-6-20-40(41)38-30-31-44-43-23-9-12-28-51(43)59-53(44)35-38/h3-35H,1-2H3. The first-order valence-electron chi connectivity index (χ1n) is 20.7. The maximum Gasteiger partial charge on any atom is 0.145 e. The third-order valence-electron chi connectivity index (χ3n) is 12.7. The Balaban J connectivity index is 1.12. The number of anilines is 3. The molecule has 11 aromatic rings. The van der Waals surface area contributed by atoms with Crippen LogP contribution in [0.25, 0.3) is 88.4 Å². The van der Waals surface area contributed by atoms with Crippen LogP contribution in [0.2, 0.25) is 0 Å². The van der Waals surface area contributed by atoms with Crippen molar-refractivity contribution in [3.63, 3.8) is 0 Å². The van der Waals surface area contributed by atoms with Gasteiger partial charge in [-0.1, -0.05) is 159 Å². The molecule has 1 aliphatic carbocycles. The van der Waals surface area contributed by atoms with Crippen LogP contribution in [-0.2, 0) is 5.41 Å². The summed E-state index contributed by atoms with van der Waals surface area (Å²) >= 11 is 0. The van der Waals surface area contributed by atoms with Crippen molar-refractivity contribution in [1.82, 2.24) is 0 Å². The number of hydrogen-bond acceptors (Lipinski definition) is 3. The topological polar surface area (TPSA) is 29.5 Å². The molecule has 12 rings (SSSR count). The molecule has 0 unspecified atom stereocenters. The highest BCUT2D eigenvalue weighted by atomic mass is 16.3. The van der Waals surface area contributed by atoms with Gasteiger partial charge >= 0.3 is 0 Å². The third kappa shape index (κ3) is 5.15. The minimum absolute atomic E-state index is 0.241. The van der Waals surface area contributed by atoms with Gasteiger partial charge < -0.3 is 13.7 Å². The normalized spacial score (nSPS) is 13.0. The van der Waals surface area contributed by atoms with Gasteiger partial charge in [0.25, 0.3) is 0 Å². The van der Waals surface area contributed by atoms with E-state index < -0.39 is 0 Å². The van der Waals surface area contributed by atoms with Crippen LogP contribution in [0.4, 0.5) is 17.1 Å². The lowest BCUT2D eigenvalue weighted by molar-refractivity contribution is 0.661. The molecular formula is C57H39NO2. The Bertz CT molecular complexity index is 3480. The number of rotatable bonds is 6. The van der Waals surface area contributed by atoms with Gasteiger partial charge in [0, 0.05) is 32.8 Å². The zero-order chi connectivity index (χ0) is 40.0. The highest BCUT2D eigenvalue weighted by molar-refractivity contribution is 6.18. The first kappa shape index (κ1) is 34.4. The molecule has 0 radical (unpaired) electrons. The Morgan fingerprint density at radius 3 is 1.88 bits per heavy atom. The lowest BCUT2D eigenvalue weighted by atomic mass is 9.81. The van der Waals surface area contributed by atoms with Gasteiger partial charge in [-0.2, -0.15) is 0 Å². The molecule has 0 N–H and O–H groups in total.